The van der Waals surface area contributed by atoms with Gasteiger partial charge in [0.05, 0.1) is 11.5 Å². The normalized spacial score (nSPS) is 46.2. The van der Waals surface area contributed by atoms with E-state index >= 15 is 0 Å². The molecule has 2 aliphatic rings. The minimum absolute atomic E-state index is 0.221. The van der Waals surface area contributed by atoms with Gasteiger partial charge in [-0.1, -0.05) is 12.2 Å². The van der Waals surface area contributed by atoms with Crippen molar-refractivity contribution in [3.63, 3.8) is 0 Å². The van der Waals surface area contributed by atoms with Crippen molar-refractivity contribution in [3.8, 4) is 6.07 Å². The third kappa shape index (κ3) is 0.827. The molecule has 0 aliphatic heterocycles. The second-order valence-corrected chi connectivity index (χ2v) is 3.86. The van der Waals surface area contributed by atoms with Gasteiger partial charge in [0, 0.05) is 5.88 Å². The van der Waals surface area contributed by atoms with Crippen LogP contribution in [0.5, 0.6) is 0 Å². The van der Waals surface area contributed by atoms with E-state index in [0.717, 1.165) is 12.8 Å². The average molecular weight is 168 g/mol. The average Bonchev–Trinajstić information content (AvgIpc) is 2.62. The van der Waals surface area contributed by atoms with Gasteiger partial charge in [-0.05, 0) is 24.7 Å². The van der Waals surface area contributed by atoms with Gasteiger partial charge in [-0.15, -0.1) is 11.6 Å². The molecule has 3 atom stereocenters. The predicted octanol–water partition coefficient (Wildman–Crippen LogP) is 2.33. The van der Waals surface area contributed by atoms with Gasteiger partial charge < -0.3 is 0 Å². The molecular weight excluding hydrogens is 158 g/mol. The fourth-order valence-electron chi connectivity index (χ4n) is 2.27. The fourth-order valence-corrected chi connectivity index (χ4v) is 2.63. The molecule has 1 fully saturated rings. The Balaban J connectivity index is 2.30. The number of rotatable bonds is 1. The summed E-state index contributed by atoms with van der Waals surface area (Å²) in [5.41, 5.74) is -0.221. The van der Waals surface area contributed by atoms with Crippen molar-refractivity contribution in [1.29, 1.82) is 5.26 Å². The van der Waals surface area contributed by atoms with Crippen LogP contribution < -0.4 is 0 Å². The van der Waals surface area contributed by atoms with Crippen molar-refractivity contribution in [2.75, 3.05) is 5.88 Å². The third-order valence-electron chi connectivity index (χ3n) is 2.97. The highest BCUT2D eigenvalue weighted by atomic mass is 35.5. The Bertz CT molecular complexity index is 240. The van der Waals surface area contributed by atoms with Gasteiger partial charge in [0.25, 0.3) is 0 Å². The Hall–Kier alpha value is -0.480. The fraction of sp³-hybridized carbons (Fsp3) is 0.667. The van der Waals surface area contributed by atoms with E-state index in [1.165, 1.54) is 0 Å². The molecule has 0 radical (unpaired) electrons. The molecule has 0 amide bonds. The molecule has 11 heavy (non-hydrogen) atoms. The van der Waals surface area contributed by atoms with E-state index in [0.29, 0.717) is 17.7 Å². The van der Waals surface area contributed by atoms with Crippen LogP contribution in [0.4, 0.5) is 0 Å². The summed E-state index contributed by atoms with van der Waals surface area (Å²) in [6, 6.07) is 2.38. The maximum atomic E-state index is 8.97. The monoisotopic (exact) mass is 167 g/mol. The van der Waals surface area contributed by atoms with Gasteiger partial charge in [-0.2, -0.15) is 5.26 Å². The van der Waals surface area contributed by atoms with E-state index in [1.54, 1.807) is 0 Å². The topological polar surface area (TPSA) is 23.8 Å². The summed E-state index contributed by atoms with van der Waals surface area (Å²) in [6.07, 6.45) is 6.53. The van der Waals surface area contributed by atoms with Crippen LogP contribution in [-0.2, 0) is 0 Å². The van der Waals surface area contributed by atoms with Crippen LogP contribution in [0.15, 0.2) is 12.2 Å². The SMILES string of the molecule is N#C[C@]1(CCl)C[C@H]2C=C[C@H]1C2. The van der Waals surface area contributed by atoms with Gasteiger partial charge in [-0.3, -0.25) is 0 Å². The summed E-state index contributed by atoms with van der Waals surface area (Å²) in [7, 11) is 0. The molecular formula is C9H10ClN. The first-order valence-electron chi connectivity index (χ1n) is 3.96. The summed E-state index contributed by atoms with van der Waals surface area (Å²) < 4.78 is 0. The highest BCUT2D eigenvalue weighted by Gasteiger charge is 2.48. The number of nitriles is 1. The summed E-state index contributed by atoms with van der Waals surface area (Å²) >= 11 is 5.80. The maximum absolute atomic E-state index is 8.97. The predicted molar refractivity (Wildman–Crippen MR) is 44.1 cm³/mol. The molecule has 2 heteroatoms. The Morgan fingerprint density at radius 2 is 2.45 bits per heavy atom. The van der Waals surface area contributed by atoms with Crippen LogP contribution in [-0.4, -0.2) is 5.88 Å². The number of hydrogen-bond donors (Lipinski definition) is 0. The van der Waals surface area contributed by atoms with Gasteiger partial charge >= 0.3 is 0 Å². The number of halogens is 1. The Kier molecular flexibility index (Phi) is 1.47. The second-order valence-electron chi connectivity index (χ2n) is 3.59. The first-order valence-corrected chi connectivity index (χ1v) is 4.50. The number of fused-ring (bicyclic) bond motifs is 2. The Morgan fingerprint density at radius 3 is 2.73 bits per heavy atom. The first-order chi connectivity index (χ1) is 5.30. The Labute approximate surface area is 71.7 Å². The first kappa shape index (κ1) is 7.18. The highest BCUT2D eigenvalue weighted by Crippen LogP contribution is 2.52. The van der Waals surface area contributed by atoms with Crippen molar-refractivity contribution >= 4 is 11.6 Å². The zero-order chi connectivity index (χ0) is 7.90. The molecule has 1 nitrogen and oxygen atoms in total. The molecule has 2 aliphatic carbocycles. The van der Waals surface area contributed by atoms with E-state index in [-0.39, 0.29) is 5.41 Å². The van der Waals surface area contributed by atoms with E-state index in [4.69, 9.17) is 16.9 Å². The molecule has 2 rings (SSSR count). The van der Waals surface area contributed by atoms with Gasteiger partial charge in [0.15, 0.2) is 0 Å². The van der Waals surface area contributed by atoms with Gasteiger partial charge in [0.1, 0.15) is 0 Å². The third-order valence-corrected chi connectivity index (χ3v) is 3.45. The molecule has 0 aromatic heterocycles. The van der Waals surface area contributed by atoms with Crippen molar-refractivity contribution in [1.82, 2.24) is 0 Å². The van der Waals surface area contributed by atoms with E-state index in [9.17, 15) is 0 Å². The number of nitrogens with zero attached hydrogens (tertiary/aromatic N) is 1. The van der Waals surface area contributed by atoms with Crippen LogP contribution in [0.25, 0.3) is 0 Å². The zero-order valence-corrected chi connectivity index (χ0v) is 7.01. The van der Waals surface area contributed by atoms with Crippen LogP contribution in [0.2, 0.25) is 0 Å². The van der Waals surface area contributed by atoms with Crippen LogP contribution in [0.1, 0.15) is 12.8 Å². The van der Waals surface area contributed by atoms with Crippen LogP contribution >= 0.6 is 11.6 Å². The summed E-state index contributed by atoms with van der Waals surface area (Å²) in [4.78, 5) is 0. The van der Waals surface area contributed by atoms with Crippen molar-refractivity contribution < 1.29 is 0 Å². The van der Waals surface area contributed by atoms with Crippen molar-refractivity contribution in [2.24, 2.45) is 17.3 Å². The van der Waals surface area contributed by atoms with E-state index in [1.807, 2.05) is 0 Å². The molecule has 0 aromatic rings. The summed E-state index contributed by atoms with van der Waals surface area (Å²) in [5, 5.41) is 8.97. The number of hydrogen-bond acceptors (Lipinski definition) is 1. The van der Waals surface area contributed by atoms with Crippen molar-refractivity contribution in [2.45, 2.75) is 12.8 Å². The molecule has 0 spiro atoms. The lowest BCUT2D eigenvalue weighted by Gasteiger charge is -2.24. The number of alkyl halides is 1. The molecule has 0 saturated heterocycles. The quantitative estimate of drug-likeness (QED) is 0.435. The molecule has 2 bridgehead atoms. The minimum atomic E-state index is -0.221. The molecule has 0 heterocycles. The molecule has 0 N–H and O–H groups in total. The van der Waals surface area contributed by atoms with Crippen LogP contribution in [0, 0.1) is 28.6 Å². The summed E-state index contributed by atoms with van der Waals surface area (Å²) in [6.45, 7) is 0. The van der Waals surface area contributed by atoms with E-state index < -0.39 is 0 Å². The lowest BCUT2D eigenvalue weighted by molar-refractivity contribution is 0.373. The number of allylic oxidation sites excluding steroid dienone is 2. The lowest BCUT2D eigenvalue weighted by atomic mass is 9.79. The van der Waals surface area contributed by atoms with E-state index in [2.05, 4.69) is 18.2 Å². The smallest absolute Gasteiger partial charge is 0.0777 e. The lowest BCUT2D eigenvalue weighted by Crippen LogP contribution is -2.25. The minimum Gasteiger partial charge on any atom is -0.198 e. The molecule has 0 aromatic carbocycles. The molecule has 0 unspecified atom stereocenters. The van der Waals surface area contributed by atoms with Gasteiger partial charge in [0.2, 0.25) is 0 Å². The summed E-state index contributed by atoms with van der Waals surface area (Å²) in [5.74, 6) is 1.57. The van der Waals surface area contributed by atoms with Gasteiger partial charge in [-0.25, -0.2) is 0 Å². The Morgan fingerprint density at radius 1 is 1.64 bits per heavy atom. The highest BCUT2D eigenvalue weighted by molar-refractivity contribution is 6.18. The maximum Gasteiger partial charge on any atom is 0.0777 e. The second kappa shape index (κ2) is 2.25. The molecule has 1 saturated carbocycles. The van der Waals surface area contributed by atoms with Crippen molar-refractivity contribution in [3.05, 3.63) is 12.2 Å². The van der Waals surface area contributed by atoms with Crippen LogP contribution in [0.3, 0.4) is 0 Å². The molecule has 58 valence electrons. The zero-order valence-electron chi connectivity index (χ0n) is 6.26. The largest absolute Gasteiger partial charge is 0.198 e. The standard InChI is InChI=1S/C9H10ClN/c10-5-9(6-11)4-7-1-2-8(9)3-7/h1-2,7-8H,3-5H2/t7-,8-,9+/m0/s1.